The van der Waals surface area contributed by atoms with Crippen molar-refractivity contribution in [2.75, 3.05) is 19.4 Å². The third kappa shape index (κ3) is 4.81. The molecule has 1 aliphatic rings. The third-order valence-electron chi connectivity index (χ3n) is 2.83. The van der Waals surface area contributed by atoms with Crippen LogP contribution in [-0.2, 0) is 24.3 Å². The van der Waals surface area contributed by atoms with E-state index in [4.69, 9.17) is 0 Å². The van der Waals surface area contributed by atoms with Crippen molar-refractivity contribution in [3.05, 3.63) is 5.21 Å². The second-order valence-corrected chi connectivity index (χ2v) is 8.11. The van der Waals surface area contributed by atoms with E-state index in [1.54, 1.807) is 0 Å². The van der Waals surface area contributed by atoms with Crippen molar-refractivity contribution in [2.45, 2.75) is 37.4 Å². The van der Waals surface area contributed by atoms with Gasteiger partial charge < -0.3 is 5.21 Å². The smallest absolute Gasteiger partial charge is 0.264 e. The van der Waals surface area contributed by atoms with Crippen LogP contribution in [0.4, 0.5) is 0 Å². The molecule has 108 valence electrons. The molecule has 0 aromatic heterocycles. The molecule has 0 spiro atoms. The quantitative estimate of drug-likeness (QED) is 0.520. The van der Waals surface area contributed by atoms with Gasteiger partial charge in [-0.25, -0.2) is 8.42 Å². The SMILES string of the molecule is CS(=O)(=O)OCCN([O-])S(=O)(=O)C1CCCCC1. The zero-order chi connectivity index (χ0) is 13.8. The van der Waals surface area contributed by atoms with E-state index in [0.717, 1.165) is 25.5 Å². The first-order valence-electron chi connectivity index (χ1n) is 5.76. The molecule has 1 rings (SSSR count). The monoisotopic (exact) mass is 300 g/mol. The van der Waals surface area contributed by atoms with Crippen molar-refractivity contribution in [3.8, 4) is 0 Å². The average Bonchev–Trinajstić information content (AvgIpc) is 2.28. The third-order valence-corrected chi connectivity index (χ3v) is 5.49. The van der Waals surface area contributed by atoms with Gasteiger partial charge in [0.25, 0.3) is 10.1 Å². The molecule has 1 fully saturated rings. The minimum absolute atomic E-state index is 0.0475. The predicted octanol–water partition coefficient (Wildman–Crippen LogP) is 0.425. The first-order chi connectivity index (χ1) is 8.23. The van der Waals surface area contributed by atoms with E-state index < -0.39 is 38.5 Å². The molecule has 0 atom stereocenters. The summed E-state index contributed by atoms with van der Waals surface area (Å²) in [5.74, 6) is 0. The molecule has 7 nitrogen and oxygen atoms in total. The number of rotatable bonds is 6. The number of hydrogen-bond donors (Lipinski definition) is 0. The highest BCUT2D eigenvalue weighted by atomic mass is 32.2. The molecule has 0 aliphatic heterocycles. The van der Waals surface area contributed by atoms with E-state index in [9.17, 15) is 22.0 Å². The summed E-state index contributed by atoms with van der Waals surface area (Å²) in [6.45, 7) is -0.944. The molecular weight excluding hydrogens is 282 g/mol. The van der Waals surface area contributed by atoms with Crippen LogP contribution < -0.4 is 0 Å². The molecule has 1 aliphatic carbocycles. The number of hydrogen-bond acceptors (Lipinski definition) is 6. The minimum atomic E-state index is -3.88. The fourth-order valence-corrected chi connectivity index (χ4v) is 3.89. The largest absolute Gasteiger partial charge is 0.772 e. The van der Waals surface area contributed by atoms with Gasteiger partial charge in [-0.05, 0) is 12.8 Å². The van der Waals surface area contributed by atoms with Crippen LogP contribution in [0.3, 0.4) is 0 Å². The Labute approximate surface area is 108 Å². The highest BCUT2D eigenvalue weighted by Gasteiger charge is 2.28. The van der Waals surface area contributed by atoms with Crippen LogP contribution in [0.25, 0.3) is 0 Å². The van der Waals surface area contributed by atoms with Gasteiger partial charge in [0.1, 0.15) is 0 Å². The summed E-state index contributed by atoms with van der Waals surface area (Å²) in [7, 11) is -7.53. The number of nitrogens with zero attached hydrogens (tertiary/aromatic N) is 1. The topological polar surface area (TPSA) is 104 Å². The summed E-state index contributed by atoms with van der Waals surface area (Å²) < 4.78 is 49.3. The summed E-state index contributed by atoms with van der Waals surface area (Å²) in [5.41, 5.74) is 0. The molecule has 0 N–H and O–H groups in total. The molecule has 0 amide bonds. The minimum Gasteiger partial charge on any atom is -0.772 e. The molecule has 0 saturated heterocycles. The lowest BCUT2D eigenvalue weighted by Crippen LogP contribution is -2.38. The van der Waals surface area contributed by atoms with Gasteiger partial charge in [-0.3, -0.25) is 8.65 Å². The van der Waals surface area contributed by atoms with Crippen molar-refractivity contribution < 1.29 is 21.0 Å². The molecule has 1 saturated carbocycles. The maximum absolute atomic E-state index is 11.8. The van der Waals surface area contributed by atoms with E-state index in [-0.39, 0.29) is 4.47 Å². The van der Waals surface area contributed by atoms with Crippen LogP contribution in [0.1, 0.15) is 32.1 Å². The maximum atomic E-state index is 11.8. The molecule has 0 heterocycles. The van der Waals surface area contributed by atoms with Gasteiger partial charge in [0, 0.05) is 6.54 Å². The van der Waals surface area contributed by atoms with Crippen LogP contribution in [0.2, 0.25) is 0 Å². The number of sulfonamides is 1. The van der Waals surface area contributed by atoms with Crippen molar-refractivity contribution in [3.63, 3.8) is 0 Å². The molecule has 0 aromatic rings. The Morgan fingerprint density at radius 3 is 2.22 bits per heavy atom. The fraction of sp³-hybridized carbons (Fsp3) is 1.00. The number of hydroxylamine groups is 1. The molecule has 0 bridgehead atoms. The Morgan fingerprint density at radius 1 is 1.17 bits per heavy atom. The van der Waals surface area contributed by atoms with Crippen molar-refractivity contribution in [1.82, 2.24) is 4.47 Å². The van der Waals surface area contributed by atoms with Gasteiger partial charge >= 0.3 is 0 Å². The fourth-order valence-electron chi connectivity index (χ4n) is 1.92. The zero-order valence-corrected chi connectivity index (χ0v) is 11.9. The second kappa shape index (κ2) is 6.29. The van der Waals surface area contributed by atoms with Crippen LogP contribution in [-0.4, -0.2) is 46.0 Å². The first-order valence-corrected chi connectivity index (χ1v) is 9.08. The molecule has 0 radical (unpaired) electrons. The Kier molecular flexibility index (Phi) is 5.53. The molecule has 0 unspecified atom stereocenters. The van der Waals surface area contributed by atoms with Gasteiger partial charge in [-0.15, -0.1) is 0 Å². The Bertz CT molecular complexity index is 451. The van der Waals surface area contributed by atoms with Crippen molar-refractivity contribution >= 4 is 20.1 Å². The van der Waals surface area contributed by atoms with E-state index in [1.165, 1.54) is 0 Å². The van der Waals surface area contributed by atoms with Crippen LogP contribution in [0.15, 0.2) is 0 Å². The molecular formula is C9H18NO6S2-. The Balaban J connectivity index is 2.51. The van der Waals surface area contributed by atoms with E-state index in [1.807, 2.05) is 0 Å². The molecule has 18 heavy (non-hydrogen) atoms. The van der Waals surface area contributed by atoms with Gasteiger partial charge in [0.15, 0.2) is 0 Å². The zero-order valence-electron chi connectivity index (χ0n) is 10.2. The van der Waals surface area contributed by atoms with Crippen LogP contribution in [0.5, 0.6) is 0 Å². The summed E-state index contributed by atoms with van der Waals surface area (Å²) >= 11 is 0. The van der Waals surface area contributed by atoms with Gasteiger partial charge in [0.05, 0.1) is 18.1 Å². The van der Waals surface area contributed by atoms with Crippen LogP contribution >= 0.6 is 0 Å². The summed E-state index contributed by atoms with van der Waals surface area (Å²) in [4.78, 5) is 0. The maximum Gasteiger partial charge on any atom is 0.264 e. The lowest BCUT2D eigenvalue weighted by atomic mass is 10.0. The van der Waals surface area contributed by atoms with Gasteiger partial charge in [0.2, 0.25) is 10.0 Å². The van der Waals surface area contributed by atoms with E-state index >= 15 is 0 Å². The molecule has 9 heteroatoms. The second-order valence-electron chi connectivity index (χ2n) is 4.36. The van der Waals surface area contributed by atoms with E-state index in [0.29, 0.717) is 12.8 Å². The summed E-state index contributed by atoms with van der Waals surface area (Å²) in [6.07, 6.45) is 4.43. The van der Waals surface area contributed by atoms with Crippen molar-refractivity contribution in [2.24, 2.45) is 0 Å². The van der Waals surface area contributed by atoms with Gasteiger partial charge in [-0.2, -0.15) is 8.42 Å². The predicted molar refractivity (Wildman–Crippen MR) is 66.7 cm³/mol. The van der Waals surface area contributed by atoms with Crippen molar-refractivity contribution in [1.29, 1.82) is 0 Å². The van der Waals surface area contributed by atoms with E-state index in [2.05, 4.69) is 4.18 Å². The summed E-state index contributed by atoms with van der Waals surface area (Å²) in [6, 6.07) is 0. The lowest BCUT2D eigenvalue weighted by Gasteiger charge is -2.33. The average molecular weight is 300 g/mol. The normalized spacial score (nSPS) is 19.3. The Hall–Kier alpha value is -0.220. The highest BCUT2D eigenvalue weighted by Crippen LogP contribution is 2.25. The Morgan fingerprint density at radius 2 is 1.72 bits per heavy atom. The van der Waals surface area contributed by atoms with Gasteiger partial charge in [-0.1, -0.05) is 19.3 Å². The van der Waals surface area contributed by atoms with Crippen LogP contribution in [0, 0.1) is 5.21 Å². The standard InChI is InChI=1S/C9H18NO6S2/c1-17(12,13)16-8-7-10(11)18(14,15)9-5-3-2-4-6-9/h9H,2-8H2,1H3/q-1. The summed E-state index contributed by atoms with van der Waals surface area (Å²) in [5, 5.41) is 10.9. The highest BCUT2D eigenvalue weighted by molar-refractivity contribution is 7.89. The first kappa shape index (κ1) is 15.8. The molecule has 0 aromatic carbocycles. The lowest BCUT2D eigenvalue weighted by molar-refractivity contribution is 0.297.